The summed E-state index contributed by atoms with van der Waals surface area (Å²) in [7, 11) is 0. The minimum Gasteiger partial charge on any atom is -0.315 e. The summed E-state index contributed by atoms with van der Waals surface area (Å²) in [6, 6.07) is 3.90. The van der Waals surface area contributed by atoms with Crippen LogP contribution in [0.5, 0.6) is 0 Å². The zero-order valence-corrected chi connectivity index (χ0v) is 9.87. The van der Waals surface area contributed by atoms with Crippen molar-refractivity contribution in [1.82, 2.24) is 10.3 Å². The summed E-state index contributed by atoms with van der Waals surface area (Å²) < 4.78 is 37.2. The summed E-state index contributed by atoms with van der Waals surface area (Å²) in [6.07, 6.45) is -1.82. The van der Waals surface area contributed by atoms with Crippen molar-refractivity contribution in [2.75, 3.05) is 13.1 Å². The fourth-order valence-corrected chi connectivity index (χ4v) is 2.55. The highest BCUT2D eigenvalue weighted by atomic mass is 19.4. The molecule has 3 rings (SSSR count). The second-order valence-electron chi connectivity index (χ2n) is 5.28. The van der Waals surface area contributed by atoms with Crippen LogP contribution in [0.2, 0.25) is 0 Å². The van der Waals surface area contributed by atoms with Crippen molar-refractivity contribution in [3.63, 3.8) is 0 Å². The second kappa shape index (κ2) is 4.23. The van der Waals surface area contributed by atoms with Gasteiger partial charge in [-0.15, -0.1) is 0 Å². The molecule has 1 N–H and O–H groups in total. The third-order valence-corrected chi connectivity index (χ3v) is 4.08. The Labute approximate surface area is 104 Å². The Morgan fingerprint density at radius 3 is 2.28 bits per heavy atom. The van der Waals surface area contributed by atoms with Crippen molar-refractivity contribution in [2.45, 2.75) is 30.9 Å². The van der Waals surface area contributed by atoms with Crippen molar-refractivity contribution >= 4 is 0 Å². The van der Waals surface area contributed by atoms with Crippen LogP contribution >= 0.6 is 0 Å². The molecule has 1 saturated heterocycles. The van der Waals surface area contributed by atoms with E-state index in [0.717, 1.165) is 18.8 Å². The zero-order valence-electron chi connectivity index (χ0n) is 9.87. The molecule has 0 unspecified atom stereocenters. The lowest BCUT2D eigenvalue weighted by molar-refractivity contribution is -0.197. The van der Waals surface area contributed by atoms with Crippen molar-refractivity contribution in [1.29, 1.82) is 0 Å². The highest BCUT2D eigenvalue weighted by Gasteiger charge is 2.48. The second-order valence-corrected chi connectivity index (χ2v) is 5.28. The van der Waals surface area contributed by atoms with Crippen LogP contribution in [0, 0.1) is 5.92 Å². The van der Waals surface area contributed by atoms with E-state index in [1.807, 2.05) is 18.3 Å². The van der Waals surface area contributed by atoms with E-state index in [2.05, 4.69) is 10.3 Å². The van der Waals surface area contributed by atoms with E-state index in [9.17, 15) is 13.2 Å². The lowest BCUT2D eigenvalue weighted by Gasteiger charge is -2.36. The van der Waals surface area contributed by atoms with Gasteiger partial charge in [0.25, 0.3) is 0 Å². The molecular formula is C13H15F3N2. The van der Waals surface area contributed by atoms with Crippen LogP contribution < -0.4 is 5.32 Å². The molecule has 2 heterocycles. The van der Waals surface area contributed by atoms with Crippen molar-refractivity contribution < 1.29 is 13.2 Å². The van der Waals surface area contributed by atoms with Crippen LogP contribution in [-0.4, -0.2) is 24.2 Å². The van der Waals surface area contributed by atoms with Crippen LogP contribution in [0.4, 0.5) is 13.2 Å². The SMILES string of the molecule is FC(F)(F)[C@H]1C[C@H](c2ccc(C3CNC3)cn2)C1. The van der Waals surface area contributed by atoms with Gasteiger partial charge >= 0.3 is 6.18 Å². The molecule has 0 bridgehead atoms. The average molecular weight is 256 g/mol. The summed E-state index contributed by atoms with van der Waals surface area (Å²) >= 11 is 0. The van der Waals surface area contributed by atoms with Gasteiger partial charge < -0.3 is 5.32 Å². The van der Waals surface area contributed by atoms with E-state index < -0.39 is 12.1 Å². The molecule has 0 radical (unpaired) electrons. The number of alkyl halides is 3. The molecule has 5 heteroatoms. The molecule has 0 spiro atoms. The number of halogens is 3. The first-order valence-corrected chi connectivity index (χ1v) is 6.27. The van der Waals surface area contributed by atoms with Gasteiger partial charge in [0.2, 0.25) is 0 Å². The van der Waals surface area contributed by atoms with Crippen molar-refractivity contribution in [3.8, 4) is 0 Å². The minimum atomic E-state index is -4.03. The zero-order chi connectivity index (χ0) is 12.8. The number of nitrogens with one attached hydrogen (secondary N) is 1. The van der Waals surface area contributed by atoms with Gasteiger partial charge in [-0.1, -0.05) is 6.07 Å². The Bertz CT molecular complexity index is 417. The molecule has 1 aromatic heterocycles. The molecule has 2 fully saturated rings. The van der Waals surface area contributed by atoms with Crippen LogP contribution in [-0.2, 0) is 0 Å². The average Bonchev–Trinajstić information content (AvgIpc) is 2.13. The number of hydrogen-bond acceptors (Lipinski definition) is 2. The number of hydrogen-bond donors (Lipinski definition) is 1. The fraction of sp³-hybridized carbons (Fsp3) is 0.615. The Hall–Kier alpha value is -1.10. The first kappa shape index (κ1) is 12.0. The van der Waals surface area contributed by atoms with E-state index in [-0.39, 0.29) is 18.8 Å². The molecule has 1 aliphatic heterocycles. The van der Waals surface area contributed by atoms with Crippen LogP contribution in [0.1, 0.15) is 35.9 Å². The van der Waals surface area contributed by atoms with Gasteiger partial charge in [-0.2, -0.15) is 13.2 Å². The first-order chi connectivity index (χ1) is 8.54. The largest absolute Gasteiger partial charge is 0.391 e. The molecule has 0 aromatic carbocycles. The van der Waals surface area contributed by atoms with Crippen LogP contribution in [0.15, 0.2) is 18.3 Å². The molecule has 1 aliphatic carbocycles. The number of aromatic nitrogens is 1. The number of rotatable bonds is 2. The minimum absolute atomic E-state index is 0.00908. The standard InChI is InChI=1S/C13H15F3N2/c14-13(15,16)11-3-9(4-11)12-2-1-8(7-18-12)10-5-17-6-10/h1-2,7,9-11,17H,3-6H2/t9-,11-. The predicted octanol–water partition coefficient (Wildman–Crippen LogP) is 2.82. The molecule has 0 atom stereocenters. The lowest BCUT2D eigenvalue weighted by Crippen LogP contribution is -2.40. The Morgan fingerprint density at radius 1 is 1.11 bits per heavy atom. The summed E-state index contributed by atoms with van der Waals surface area (Å²) in [4.78, 5) is 4.32. The van der Waals surface area contributed by atoms with Gasteiger partial charge in [0, 0.05) is 36.8 Å². The third-order valence-electron chi connectivity index (χ3n) is 4.08. The van der Waals surface area contributed by atoms with Gasteiger partial charge in [0.05, 0.1) is 5.92 Å². The highest BCUT2D eigenvalue weighted by Crippen LogP contribution is 2.48. The molecule has 0 amide bonds. The van der Waals surface area contributed by atoms with Gasteiger partial charge in [0.15, 0.2) is 0 Å². The summed E-state index contributed by atoms with van der Waals surface area (Å²) in [5, 5.41) is 3.19. The molecule has 1 aromatic rings. The molecule has 2 nitrogen and oxygen atoms in total. The third kappa shape index (κ3) is 2.11. The van der Waals surface area contributed by atoms with Crippen molar-refractivity contribution in [3.05, 3.63) is 29.6 Å². The van der Waals surface area contributed by atoms with Gasteiger partial charge in [-0.05, 0) is 24.5 Å². The normalized spacial score (nSPS) is 28.6. The topological polar surface area (TPSA) is 24.9 Å². The van der Waals surface area contributed by atoms with E-state index in [1.165, 1.54) is 5.56 Å². The maximum absolute atomic E-state index is 12.4. The van der Waals surface area contributed by atoms with E-state index in [1.54, 1.807) is 0 Å². The fourth-order valence-electron chi connectivity index (χ4n) is 2.55. The Balaban J connectivity index is 1.61. The Morgan fingerprint density at radius 2 is 1.83 bits per heavy atom. The highest BCUT2D eigenvalue weighted by molar-refractivity contribution is 5.24. The number of pyridine rings is 1. The van der Waals surface area contributed by atoms with Gasteiger partial charge in [0.1, 0.15) is 0 Å². The van der Waals surface area contributed by atoms with Crippen molar-refractivity contribution in [2.24, 2.45) is 5.92 Å². The van der Waals surface area contributed by atoms with E-state index >= 15 is 0 Å². The molecule has 18 heavy (non-hydrogen) atoms. The molecule has 98 valence electrons. The van der Waals surface area contributed by atoms with Crippen LogP contribution in [0.25, 0.3) is 0 Å². The Kier molecular flexibility index (Phi) is 2.81. The summed E-state index contributed by atoms with van der Waals surface area (Å²) in [6.45, 7) is 1.95. The molecule has 2 aliphatic rings. The van der Waals surface area contributed by atoms with Crippen LogP contribution in [0.3, 0.4) is 0 Å². The molecular weight excluding hydrogens is 241 g/mol. The molecule has 1 saturated carbocycles. The maximum Gasteiger partial charge on any atom is 0.391 e. The predicted molar refractivity (Wildman–Crippen MR) is 61.4 cm³/mol. The van der Waals surface area contributed by atoms with E-state index in [0.29, 0.717) is 5.92 Å². The number of nitrogens with zero attached hydrogens (tertiary/aromatic N) is 1. The monoisotopic (exact) mass is 256 g/mol. The smallest absolute Gasteiger partial charge is 0.315 e. The summed E-state index contributed by atoms with van der Waals surface area (Å²) in [5.74, 6) is -0.610. The lowest BCUT2D eigenvalue weighted by atomic mass is 9.72. The van der Waals surface area contributed by atoms with Gasteiger partial charge in [-0.25, -0.2) is 0 Å². The summed E-state index contributed by atoms with van der Waals surface area (Å²) in [5.41, 5.74) is 2.00. The van der Waals surface area contributed by atoms with Gasteiger partial charge in [-0.3, -0.25) is 4.98 Å². The quantitative estimate of drug-likeness (QED) is 0.880. The first-order valence-electron chi connectivity index (χ1n) is 6.27. The van der Waals surface area contributed by atoms with E-state index in [4.69, 9.17) is 0 Å². The maximum atomic E-state index is 12.4.